The Kier molecular flexibility index (Phi) is 5.44. The number of hydrogen-bond acceptors (Lipinski definition) is 5. The number of benzene rings is 2. The second-order valence-corrected chi connectivity index (χ2v) is 9.72. The van der Waals surface area contributed by atoms with E-state index in [1.807, 2.05) is 18.2 Å². The summed E-state index contributed by atoms with van der Waals surface area (Å²) in [7, 11) is -3.53. The van der Waals surface area contributed by atoms with Crippen molar-refractivity contribution in [2.75, 3.05) is 26.0 Å². The molecule has 2 heterocycles. The third-order valence-electron chi connectivity index (χ3n) is 5.25. The van der Waals surface area contributed by atoms with E-state index in [2.05, 4.69) is 0 Å². The molecule has 0 aliphatic carbocycles. The lowest BCUT2D eigenvalue weighted by Gasteiger charge is -2.26. The molecule has 2 aromatic carbocycles. The number of nitrogens with zero attached hydrogens (tertiary/aromatic N) is 1. The standard InChI is InChI=1S/C21H22ClNO5S/c1-29(25,26)20-13-15(5-7-16(20)22)21(24)23-9-2-4-17(23)14-6-8-18-19(12-14)28-11-3-10-27-18/h5-8,12-13,17H,2-4,9-11H2,1H3/t17-/m1/s1. The molecule has 29 heavy (non-hydrogen) atoms. The van der Waals surface area contributed by atoms with Crippen LogP contribution in [0.2, 0.25) is 5.02 Å². The lowest BCUT2D eigenvalue weighted by Crippen LogP contribution is -2.30. The summed E-state index contributed by atoms with van der Waals surface area (Å²) in [4.78, 5) is 15.0. The summed E-state index contributed by atoms with van der Waals surface area (Å²) in [5, 5.41) is 0.116. The lowest BCUT2D eigenvalue weighted by molar-refractivity contribution is 0.0735. The van der Waals surface area contributed by atoms with Gasteiger partial charge in [0.2, 0.25) is 0 Å². The maximum absolute atomic E-state index is 13.2. The maximum atomic E-state index is 13.2. The number of ether oxygens (including phenoxy) is 2. The highest BCUT2D eigenvalue weighted by Crippen LogP contribution is 2.38. The van der Waals surface area contributed by atoms with Crippen LogP contribution >= 0.6 is 11.6 Å². The van der Waals surface area contributed by atoms with Gasteiger partial charge in [0.25, 0.3) is 5.91 Å². The average Bonchev–Trinajstić information content (AvgIpc) is 3.05. The van der Waals surface area contributed by atoms with Crippen LogP contribution < -0.4 is 9.47 Å². The van der Waals surface area contributed by atoms with Gasteiger partial charge in [-0.15, -0.1) is 0 Å². The summed E-state index contributed by atoms with van der Waals surface area (Å²) in [6.07, 6.45) is 3.62. The van der Waals surface area contributed by atoms with E-state index in [4.69, 9.17) is 21.1 Å². The van der Waals surface area contributed by atoms with Gasteiger partial charge >= 0.3 is 0 Å². The molecule has 0 bridgehead atoms. The van der Waals surface area contributed by atoms with E-state index in [0.29, 0.717) is 31.1 Å². The van der Waals surface area contributed by atoms with E-state index in [-0.39, 0.29) is 21.9 Å². The van der Waals surface area contributed by atoms with Gasteiger partial charge in [-0.25, -0.2) is 8.42 Å². The van der Waals surface area contributed by atoms with Crippen molar-refractivity contribution in [3.8, 4) is 11.5 Å². The first-order valence-corrected chi connectivity index (χ1v) is 11.8. The molecule has 8 heteroatoms. The number of rotatable bonds is 3. The first-order valence-electron chi connectivity index (χ1n) is 9.55. The number of fused-ring (bicyclic) bond motifs is 1. The molecular weight excluding hydrogens is 414 g/mol. The fraction of sp³-hybridized carbons (Fsp3) is 0.381. The van der Waals surface area contributed by atoms with E-state index in [1.54, 1.807) is 11.0 Å². The zero-order valence-electron chi connectivity index (χ0n) is 16.1. The van der Waals surface area contributed by atoms with Crippen LogP contribution in [0.3, 0.4) is 0 Å². The Morgan fingerprint density at radius 3 is 2.59 bits per heavy atom. The largest absolute Gasteiger partial charge is 0.490 e. The van der Waals surface area contributed by atoms with Gasteiger partial charge < -0.3 is 14.4 Å². The SMILES string of the molecule is CS(=O)(=O)c1cc(C(=O)N2CCC[C@@H]2c2ccc3c(c2)OCCCO3)ccc1Cl. The summed E-state index contributed by atoms with van der Waals surface area (Å²) >= 11 is 6.02. The minimum Gasteiger partial charge on any atom is -0.490 e. The van der Waals surface area contributed by atoms with Crippen LogP contribution in [0.5, 0.6) is 11.5 Å². The molecule has 4 rings (SSSR count). The zero-order chi connectivity index (χ0) is 20.6. The Morgan fingerprint density at radius 1 is 1.07 bits per heavy atom. The predicted octanol–water partition coefficient (Wildman–Crippen LogP) is 3.88. The van der Waals surface area contributed by atoms with Crippen LogP contribution in [-0.4, -0.2) is 45.2 Å². The van der Waals surface area contributed by atoms with Crippen LogP contribution in [0.4, 0.5) is 0 Å². The van der Waals surface area contributed by atoms with E-state index in [0.717, 1.165) is 36.8 Å². The van der Waals surface area contributed by atoms with E-state index in [1.165, 1.54) is 12.1 Å². The topological polar surface area (TPSA) is 72.9 Å². The molecule has 6 nitrogen and oxygen atoms in total. The Hall–Kier alpha value is -2.25. The number of carbonyl (C=O) groups is 1. The Morgan fingerprint density at radius 2 is 1.83 bits per heavy atom. The predicted molar refractivity (Wildman–Crippen MR) is 110 cm³/mol. The maximum Gasteiger partial charge on any atom is 0.254 e. The van der Waals surface area contributed by atoms with E-state index >= 15 is 0 Å². The first kappa shape index (κ1) is 20.0. The normalized spacial score (nSPS) is 19.1. The second-order valence-electron chi connectivity index (χ2n) is 7.33. The second kappa shape index (κ2) is 7.88. The highest BCUT2D eigenvalue weighted by atomic mass is 35.5. The molecule has 1 fully saturated rings. The van der Waals surface area contributed by atoms with Crippen LogP contribution in [0.25, 0.3) is 0 Å². The van der Waals surface area contributed by atoms with Crippen LogP contribution in [-0.2, 0) is 9.84 Å². The van der Waals surface area contributed by atoms with Crippen molar-refractivity contribution in [3.63, 3.8) is 0 Å². The monoisotopic (exact) mass is 435 g/mol. The number of halogens is 1. The number of hydrogen-bond donors (Lipinski definition) is 0. The van der Waals surface area contributed by atoms with Gasteiger partial charge in [-0.1, -0.05) is 17.7 Å². The van der Waals surface area contributed by atoms with Crippen molar-refractivity contribution in [1.29, 1.82) is 0 Å². The molecule has 1 saturated heterocycles. The van der Waals surface area contributed by atoms with Crippen molar-refractivity contribution in [2.45, 2.75) is 30.2 Å². The summed E-state index contributed by atoms with van der Waals surface area (Å²) in [5.74, 6) is 1.21. The molecule has 2 aromatic rings. The van der Waals surface area contributed by atoms with Gasteiger partial charge in [-0.3, -0.25) is 4.79 Å². The minimum absolute atomic E-state index is 0.0312. The van der Waals surface area contributed by atoms with Crippen molar-refractivity contribution >= 4 is 27.3 Å². The molecule has 1 amide bonds. The summed E-state index contributed by atoms with van der Waals surface area (Å²) in [6, 6.07) is 10.1. The summed E-state index contributed by atoms with van der Waals surface area (Å²) in [5.41, 5.74) is 1.30. The van der Waals surface area contributed by atoms with Crippen molar-refractivity contribution in [3.05, 3.63) is 52.5 Å². The summed E-state index contributed by atoms with van der Waals surface area (Å²) in [6.45, 7) is 1.83. The molecule has 0 radical (unpaired) electrons. The fourth-order valence-corrected chi connectivity index (χ4v) is 5.13. The van der Waals surface area contributed by atoms with Gasteiger partial charge in [0.15, 0.2) is 21.3 Å². The molecule has 0 aromatic heterocycles. The van der Waals surface area contributed by atoms with Gasteiger partial charge in [0.05, 0.1) is 29.2 Å². The van der Waals surface area contributed by atoms with Crippen molar-refractivity contribution < 1.29 is 22.7 Å². The van der Waals surface area contributed by atoms with Gasteiger partial charge in [0, 0.05) is 24.8 Å². The van der Waals surface area contributed by atoms with Gasteiger partial charge in [-0.2, -0.15) is 0 Å². The zero-order valence-corrected chi connectivity index (χ0v) is 17.6. The van der Waals surface area contributed by atoms with Crippen LogP contribution in [0.15, 0.2) is 41.3 Å². The van der Waals surface area contributed by atoms with Gasteiger partial charge in [-0.05, 0) is 48.7 Å². The third-order valence-corrected chi connectivity index (χ3v) is 6.83. The fourth-order valence-electron chi connectivity index (χ4n) is 3.83. The summed E-state index contributed by atoms with van der Waals surface area (Å²) < 4.78 is 35.4. The number of sulfone groups is 1. The minimum atomic E-state index is -3.53. The van der Waals surface area contributed by atoms with E-state index in [9.17, 15) is 13.2 Å². The molecule has 0 N–H and O–H groups in total. The molecule has 2 aliphatic rings. The molecule has 0 spiro atoms. The highest BCUT2D eigenvalue weighted by Gasteiger charge is 2.32. The third kappa shape index (κ3) is 4.07. The Labute approximate surface area is 175 Å². The molecule has 0 saturated carbocycles. The van der Waals surface area contributed by atoms with Crippen LogP contribution in [0.1, 0.15) is 41.2 Å². The molecule has 2 aliphatic heterocycles. The lowest BCUT2D eigenvalue weighted by atomic mass is 10.0. The molecular formula is C21H22ClNO5S. The van der Waals surface area contributed by atoms with Crippen LogP contribution in [0, 0.1) is 0 Å². The quantitative estimate of drug-likeness (QED) is 0.731. The number of carbonyl (C=O) groups excluding carboxylic acids is 1. The number of amides is 1. The first-order chi connectivity index (χ1) is 13.8. The van der Waals surface area contributed by atoms with Gasteiger partial charge in [0.1, 0.15) is 0 Å². The smallest absolute Gasteiger partial charge is 0.254 e. The van der Waals surface area contributed by atoms with Crippen molar-refractivity contribution in [2.24, 2.45) is 0 Å². The van der Waals surface area contributed by atoms with Crippen molar-refractivity contribution in [1.82, 2.24) is 4.90 Å². The molecule has 154 valence electrons. The average molecular weight is 436 g/mol. The molecule has 0 unspecified atom stereocenters. The number of likely N-dealkylation sites (tertiary alicyclic amines) is 1. The Bertz CT molecular complexity index is 1050. The molecule has 1 atom stereocenters. The van der Waals surface area contributed by atoms with E-state index < -0.39 is 9.84 Å². The highest BCUT2D eigenvalue weighted by molar-refractivity contribution is 7.90. The Balaban J connectivity index is 1.64.